The van der Waals surface area contributed by atoms with Crippen molar-refractivity contribution in [3.63, 3.8) is 0 Å². The van der Waals surface area contributed by atoms with Crippen molar-refractivity contribution in [1.29, 1.82) is 0 Å². The van der Waals surface area contributed by atoms with Gasteiger partial charge in [-0.2, -0.15) is 0 Å². The Kier molecular flexibility index (Phi) is 32.0. The molecule has 3 heteroatoms. The molecule has 0 rings (SSSR count). The van der Waals surface area contributed by atoms with Crippen molar-refractivity contribution in [2.24, 2.45) is 11.3 Å². The molecule has 0 aliphatic rings. The van der Waals surface area contributed by atoms with E-state index in [2.05, 4.69) is 13.8 Å². The molecule has 2 unspecified atom stereocenters. The van der Waals surface area contributed by atoms with Gasteiger partial charge in [0.05, 0.1) is 18.1 Å². The summed E-state index contributed by atoms with van der Waals surface area (Å²) in [5.74, 6) is 0.622. The number of ether oxygens (including phenoxy) is 2. The average molecular weight is 623 g/mol. The van der Waals surface area contributed by atoms with Gasteiger partial charge < -0.3 is 9.47 Å². The molecule has 2 atom stereocenters. The molecule has 0 radical (unpaired) electrons. The topological polar surface area (TPSA) is 35.5 Å². The van der Waals surface area contributed by atoms with Gasteiger partial charge in [-0.3, -0.25) is 4.79 Å². The predicted octanol–water partition coefficient (Wildman–Crippen LogP) is 13.9. The molecule has 0 N–H and O–H groups in total. The van der Waals surface area contributed by atoms with Gasteiger partial charge in [-0.05, 0) is 46.0 Å². The molecule has 0 bridgehead atoms. The summed E-state index contributed by atoms with van der Waals surface area (Å²) < 4.78 is 11.3. The maximum atomic E-state index is 11.7. The van der Waals surface area contributed by atoms with Gasteiger partial charge in [0.15, 0.2) is 0 Å². The first-order valence-electron chi connectivity index (χ1n) is 20.0. The van der Waals surface area contributed by atoms with E-state index in [-0.39, 0.29) is 11.4 Å². The molecule has 0 aliphatic heterocycles. The van der Waals surface area contributed by atoms with Crippen LogP contribution in [0.5, 0.6) is 0 Å². The van der Waals surface area contributed by atoms with Crippen LogP contribution in [0, 0.1) is 11.3 Å². The Bertz CT molecular complexity index is 581. The van der Waals surface area contributed by atoms with Crippen molar-refractivity contribution in [2.75, 3.05) is 13.7 Å². The zero-order chi connectivity index (χ0) is 32.6. The van der Waals surface area contributed by atoms with Crippen LogP contribution in [0.1, 0.15) is 227 Å². The molecule has 0 aromatic heterocycles. The van der Waals surface area contributed by atoms with Gasteiger partial charge in [-0.25, -0.2) is 0 Å². The third-order valence-electron chi connectivity index (χ3n) is 9.68. The second kappa shape index (κ2) is 32.4. The average Bonchev–Trinajstić information content (AvgIpc) is 3.00. The fraction of sp³-hybridized carbons (Fsp3) is 0.976. The minimum Gasteiger partial charge on any atom is -0.465 e. The first kappa shape index (κ1) is 43.4. The first-order chi connectivity index (χ1) is 21.3. The Morgan fingerprint density at radius 2 is 0.818 bits per heavy atom. The van der Waals surface area contributed by atoms with Gasteiger partial charge in [0.1, 0.15) is 0 Å². The van der Waals surface area contributed by atoms with Crippen LogP contribution in [0.4, 0.5) is 0 Å². The standard InChI is InChI=1S/C41H82O3/c1-7-8-9-10-11-12-13-14-15-16-17-20-23-26-29-32-35-38(2)39(43-6)36-33-30-27-24-21-18-19-22-25-28-31-34-37-44-40(42)41(3,4)5/h38-39H,7-37H2,1-6H3. The zero-order valence-electron chi connectivity index (χ0n) is 31.3. The third kappa shape index (κ3) is 30.1. The van der Waals surface area contributed by atoms with E-state index in [0.717, 1.165) is 6.42 Å². The highest BCUT2D eigenvalue weighted by molar-refractivity contribution is 5.75. The summed E-state index contributed by atoms with van der Waals surface area (Å²) in [4.78, 5) is 11.7. The minimum atomic E-state index is -0.379. The molecule has 0 amide bonds. The van der Waals surface area contributed by atoms with E-state index in [4.69, 9.17) is 9.47 Å². The number of carbonyl (C=O) groups is 1. The van der Waals surface area contributed by atoms with E-state index in [0.29, 0.717) is 18.6 Å². The number of rotatable bonds is 34. The summed E-state index contributed by atoms with van der Waals surface area (Å²) in [7, 11) is 1.93. The Labute approximate surface area is 278 Å². The van der Waals surface area contributed by atoms with E-state index in [1.54, 1.807) is 0 Å². The molecule has 264 valence electrons. The SMILES string of the molecule is CCCCCCCCCCCCCCCCCCC(C)C(CCCCCCCCCCCCCCOC(=O)C(C)(C)C)OC. The van der Waals surface area contributed by atoms with Gasteiger partial charge in [-0.15, -0.1) is 0 Å². The van der Waals surface area contributed by atoms with Crippen molar-refractivity contribution in [2.45, 2.75) is 233 Å². The maximum absolute atomic E-state index is 11.7. The summed E-state index contributed by atoms with van der Waals surface area (Å²) in [6.07, 6.45) is 41.9. The van der Waals surface area contributed by atoms with Crippen LogP contribution in [0.25, 0.3) is 0 Å². The lowest BCUT2D eigenvalue weighted by molar-refractivity contribution is -0.153. The molecular formula is C41H82O3. The molecular weight excluding hydrogens is 540 g/mol. The summed E-state index contributed by atoms with van der Waals surface area (Å²) in [6.45, 7) is 11.0. The molecule has 0 heterocycles. The lowest BCUT2D eigenvalue weighted by atomic mass is 9.93. The fourth-order valence-electron chi connectivity index (χ4n) is 6.43. The van der Waals surface area contributed by atoms with E-state index in [9.17, 15) is 4.79 Å². The Morgan fingerprint density at radius 1 is 0.500 bits per heavy atom. The lowest BCUT2D eigenvalue weighted by Crippen LogP contribution is -2.23. The van der Waals surface area contributed by atoms with Crippen molar-refractivity contribution >= 4 is 5.97 Å². The molecule has 0 aromatic rings. The molecule has 44 heavy (non-hydrogen) atoms. The fourth-order valence-corrected chi connectivity index (χ4v) is 6.43. The van der Waals surface area contributed by atoms with Gasteiger partial charge >= 0.3 is 5.97 Å². The number of carbonyl (C=O) groups excluding carboxylic acids is 1. The second-order valence-electron chi connectivity index (χ2n) is 15.3. The molecule has 0 saturated carbocycles. The minimum absolute atomic E-state index is 0.0775. The Balaban J connectivity index is 3.42. The summed E-state index contributed by atoms with van der Waals surface area (Å²) in [6, 6.07) is 0. The van der Waals surface area contributed by atoms with Crippen LogP contribution in [0.2, 0.25) is 0 Å². The summed E-state index contributed by atoms with van der Waals surface area (Å²) >= 11 is 0. The molecule has 0 aliphatic carbocycles. The van der Waals surface area contributed by atoms with Crippen LogP contribution < -0.4 is 0 Å². The number of unbranched alkanes of at least 4 members (excludes halogenated alkanes) is 26. The third-order valence-corrected chi connectivity index (χ3v) is 9.68. The normalized spacial score (nSPS) is 13.3. The van der Waals surface area contributed by atoms with Crippen LogP contribution in [-0.4, -0.2) is 25.8 Å². The van der Waals surface area contributed by atoms with Crippen LogP contribution in [-0.2, 0) is 14.3 Å². The highest BCUT2D eigenvalue weighted by Gasteiger charge is 2.22. The molecule has 0 aromatic carbocycles. The first-order valence-corrected chi connectivity index (χ1v) is 20.0. The molecule has 0 saturated heterocycles. The maximum Gasteiger partial charge on any atom is 0.311 e. The smallest absolute Gasteiger partial charge is 0.311 e. The van der Waals surface area contributed by atoms with Crippen LogP contribution in [0.15, 0.2) is 0 Å². The van der Waals surface area contributed by atoms with Crippen LogP contribution >= 0.6 is 0 Å². The Morgan fingerprint density at radius 3 is 1.16 bits per heavy atom. The van der Waals surface area contributed by atoms with E-state index >= 15 is 0 Å². The zero-order valence-corrected chi connectivity index (χ0v) is 31.3. The number of hydrogen-bond donors (Lipinski definition) is 0. The number of hydrogen-bond acceptors (Lipinski definition) is 3. The highest BCUT2D eigenvalue weighted by atomic mass is 16.5. The monoisotopic (exact) mass is 623 g/mol. The summed E-state index contributed by atoms with van der Waals surface area (Å²) in [5, 5.41) is 0. The van der Waals surface area contributed by atoms with Gasteiger partial charge in [0.25, 0.3) is 0 Å². The summed E-state index contributed by atoms with van der Waals surface area (Å²) in [5.41, 5.74) is -0.379. The van der Waals surface area contributed by atoms with Crippen molar-refractivity contribution in [3.8, 4) is 0 Å². The quantitative estimate of drug-likeness (QED) is 0.0529. The van der Waals surface area contributed by atoms with Gasteiger partial charge in [0, 0.05) is 7.11 Å². The Hall–Kier alpha value is -0.570. The largest absolute Gasteiger partial charge is 0.465 e. The second-order valence-corrected chi connectivity index (χ2v) is 15.3. The highest BCUT2D eigenvalue weighted by Crippen LogP contribution is 2.22. The molecule has 3 nitrogen and oxygen atoms in total. The van der Waals surface area contributed by atoms with Crippen molar-refractivity contribution in [1.82, 2.24) is 0 Å². The van der Waals surface area contributed by atoms with Crippen LogP contribution in [0.3, 0.4) is 0 Å². The van der Waals surface area contributed by atoms with Crippen molar-refractivity contribution < 1.29 is 14.3 Å². The molecule has 0 spiro atoms. The number of esters is 1. The van der Waals surface area contributed by atoms with E-state index in [1.165, 1.54) is 186 Å². The van der Waals surface area contributed by atoms with Gasteiger partial charge in [0.2, 0.25) is 0 Å². The lowest BCUT2D eigenvalue weighted by Gasteiger charge is -2.22. The predicted molar refractivity (Wildman–Crippen MR) is 195 cm³/mol. The van der Waals surface area contributed by atoms with E-state index in [1.807, 2.05) is 27.9 Å². The molecule has 0 fully saturated rings. The van der Waals surface area contributed by atoms with E-state index < -0.39 is 0 Å². The van der Waals surface area contributed by atoms with Crippen molar-refractivity contribution in [3.05, 3.63) is 0 Å². The van der Waals surface area contributed by atoms with Gasteiger partial charge in [-0.1, -0.05) is 187 Å². The number of methoxy groups -OCH3 is 1.